The summed E-state index contributed by atoms with van der Waals surface area (Å²) in [5, 5.41) is 0. The van der Waals surface area contributed by atoms with E-state index in [1.54, 1.807) is 0 Å². The Morgan fingerprint density at radius 3 is 2.07 bits per heavy atom. The zero-order valence-corrected chi connectivity index (χ0v) is 10.3. The summed E-state index contributed by atoms with van der Waals surface area (Å²) in [7, 11) is 0. The van der Waals surface area contributed by atoms with E-state index in [0.717, 1.165) is 17.8 Å². The van der Waals surface area contributed by atoms with Gasteiger partial charge in [0.25, 0.3) is 0 Å². The standard InChI is InChI=1S/C14H27N/c1-2-4-11-7-9-13(10-8-11)14(15)12-5-3-6-12/h11-14H,2-10,15H2,1H3. The molecule has 2 fully saturated rings. The fourth-order valence-electron chi connectivity index (χ4n) is 3.48. The average molecular weight is 209 g/mol. The summed E-state index contributed by atoms with van der Waals surface area (Å²) in [5.74, 6) is 2.78. The molecule has 15 heavy (non-hydrogen) atoms. The Kier molecular flexibility index (Phi) is 4.07. The van der Waals surface area contributed by atoms with E-state index in [9.17, 15) is 0 Å². The quantitative estimate of drug-likeness (QED) is 0.750. The first-order valence-electron chi connectivity index (χ1n) is 7.06. The molecule has 0 aromatic rings. The monoisotopic (exact) mass is 209 g/mol. The molecular formula is C14H27N. The summed E-state index contributed by atoms with van der Waals surface area (Å²) < 4.78 is 0. The highest BCUT2D eigenvalue weighted by atomic mass is 14.7. The van der Waals surface area contributed by atoms with Crippen LogP contribution in [0.25, 0.3) is 0 Å². The number of hydrogen-bond donors (Lipinski definition) is 1. The largest absolute Gasteiger partial charge is 0.327 e. The molecule has 1 nitrogen and oxygen atoms in total. The van der Waals surface area contributed by atoms with E-state index in [2.05, 4.69) is 6.92 Å². The van der Waals surface area contributed by atoms with Crippen LogP contribution in [-0.2, 0) is 0 Å². The van der Waals surface area contributed by atoms with Crippen LogP contribution in [0.5, 0.6) is 0 Å². The average Bonchev–Trinajstić information content (AvgIpc) is 2.16. The molecule has 2 aliphatic carbocycles. The van der Waals surface area contributed by atoms with Gasteiger partial charge >= 0.3 is 0 Å². The number of hydrogen-bond acceptors (Lipinski definition) is 1. The predicted molar refractivity (Wildman–Crippen MR) is 65.7 cm³/mol. The minimum absolute atomic E-state index is 0.543. The molecule has 1 unspecified atom stereocenters. The predicted octanol–water partition coefficient (Wildman–Crippen LogP) is 3.72. The fraction of sp³-hybridized carbons (Fsp3) is 1.00. The van der Waals surface area contributed by atoms with E-state index in [0.29, 0.717) is 6.04 Å². The van der Waals surface area contributed by atoms with Crippen molar-refractivity contribution in [3.8, 4) is 0 Å². The lowest BCUT2D eigenvalue weighted by atomic mass is 9.69. The lowest BCUT2D eigenvalue weighted by molar-refractivity contribution is 0.155. The van der Waals surface area contributed by atoms with Crippen molar-refractivity contribution in [1.82, 2.24) is 0 Å². The maximum Gasteiger partial charge on any atom is 0.00956 e. The first-order valence-corrected chi connectivity index (χ1v) is 7.06. The highest BCUT2D eigenvalue weighted by Gasteiger charge is 2.32. The molecule has 0 spiro atoms. The van der Waals surface area contributed by atoms with Gasteiger partial charge in [-0.2, -0.15) is 0 Å². The van der Waals surface area contributed by atoms with Gasteiger partial charge in [-0.25, -0.2) is 0 Å². The van der Waals surface area contributed by atoms with Gasteiger partial charge in [-0.15, -0.1) is 0 Å². The van der Waals surface area contributed by atoms with Crippen molar-refractivity contribution in [1.29, 1.82) is 0 Å². The van der Waals surface area contributed by atoms with Crippen LogP contribution in [0.1, 0.15) is 64.7 Å². The summed E-state index contributed by atoms with van der Waals surface area (Å²) in [4.78, 5) is 0. The van der Waals surface area contributed by atoms with Crippen molar-refractivity contribution in [3.63, 3.8) is 0 Å². The summed E-state index contributed by atoms with van der Waals surface area (Å²) >= 11 is 0. The smallest absolute Gasteiger partial charge is 0.00956 e. The molecule has 88 valence electrons. The summed E-state index contributed by atoms with van der Waals surface area (Å²) in [5.41, 5.74) is 6.37. The summed E-state index contributed by atoms with van der Waals surface area (Å²) in [6.07, 6.45) is 12.8. The lowest BCUT2D eigenvalue weighted by Gasteiger charge is -2.39. The highest BCUT2D eigenvalue weighted by molar-refractivity contribution is 4.87. The Balaban J connectivity index is 1.72. The first-order chi connectivity index (χ1) is 7.31. The Morgan fingerprint density at radius 1 is 1.00 bits per heavy atom. The van der Waals surface area contributed by atoms with Crippen LogP contribution in [-0.4, -0.2) is 6.04 Å². The molecule has 1 heteroatoms. The third kappa shape index (κ3) is 2.75. The van der Waals surface area contributed by atoms with E-state index in [4.69, 9.17) is 5.73 Å². The molecule has 0 saturated heterocycles. The van der Waals surface area contributed by atoms with E-state index < -0.39 is 0 Å². The maximum atomic E-state index is 6.37. The number of nitrogens with two attached hydrogens (primary N) is 1. The molecule has 0 radical (unpaired) electrons. The van der Waals surface area contributed by atoms with E-state index in [1.165, 1.54) is 57.8 Å². The molecule has 2 rings (SSSR count). The summed E-state index contributed by atoms with van der Waals surface area (Å²) in [6.45, 7) is 2.31. The van der Waals surface area contributed by atoms with Gasteiger partial charge in [-0.3, -0.25) is 0 Å². The van der Waals surface area contributed by atoms with Gasteiger partial charge in [-0.1, -0.05) is 39.0 Å². The molecule has 1 atom stereocenters. The molecule has 0 aromatic carbocycles. The first kappa shape index (κ1) is 11.4. The zero-order valence-electron chi connectivity index (χ0n) is 10.3. The Morgan fingerprint density at radius 2 is 1.60 bits per heavy atom. The summed E-state index contributed by atoms with van der Waals surface area (Å²) in [6, 6.07) is 0.543. The van der Waals surface area contributed by atoms with Crippen LogP contribution in [0.4, 0.5) is 0 Å². The van der Waals surface area contributed by atoms with Crippen LogP contribution in [0, 0.1) is 17.8 Å². The minimum atomic E-state index is 0.543. The van der Waals surface area contributed by atoms with Crippen molar-refractivity contribution in [3.05, 3.63) is 0 Å². The van der Waals surface area contributed by atoms with E-state index >= 15 is 0 Å². The fourth-order valence-corrected chi connectivity index (χ4v) is 3.48. The normalized spacial score (nSPS) is 34.8. The Labute approximate surface area is 94.8 Å². The van der Waals surface area contributed by atoms with Gasteiger partial charge in [0.15, 0.2) is 0 Å². The third-order valence-corrected chi connectivity index (χ3v) is 4.83. The van der Waals surface area contributed by atoms with Crippen molar-refractivity contribution in [2.75, 3.05) is 0 Å². The van der Waals surface area contributed by atoms with Gasteiger partial charge in [0.1, 0.15) is 0 Å². The zero-order chi connectivity index (χ0) is 10.7. The van der Waals surface area contributed by atoms with Gasteiger partial charge in [0.2, 0.25) is 0 Å². The topological polar surface area (TPSA) is 26.0 Å². The molecule has 0 aromatic heterocycles. The third-order valence-electron chi connectivity index (χ3n) is 4.83. The maximum absolute atomic E-state index is 6.37. The van der Waals surface area contributed by atoms with Gasteiger partial charge in [0, 0.05) is 6.04 Å². The van der Waals surface area contributed by atoms with Crippen LogP contribution >= 0.6 is 0 Å². The van der Waals surface area contributed by atoms with Crippen molar-refractivity contribution in [2.45, 2.75) is 70.8 Å². The molecule has 2 aliphatic rings. The molecule has 2 saturated carbocycles. The lowest BCUT2D eigenvalue weighted by Crippen LogP contribution is -2.42. The van der Waals surface area contributed by atoms with Gasteiger partial charge < -0.3 is 5.73 Å². The molecule has 0 aliphatic heterocycles. The molecule has 0 amide bonds. The van der Waals surface area contributed by atoms with E-state index in [-0.39, 0.29) is 0 Å². The Bertz CT molecular complexity index is 178. The van der Waals surface area contributed by atoms with Crippen LogP contribution in [0.2, 0.25) is 0 Å². The highest BCUT2D eigenvalue weighted by Crippen LogP contribution is 2.39. The second-order valence-corrected chi connectivity index (χ2v) is 5.84. The Hall–Kier alpha value is -0.0400. The second-order valence-electron chi connectivity index (χ2n) is 5.84. The van der Waals surface area contributed by atoms with E-state index in [1.807, 2.05) is 0 Å². The van der Waals surface area contributed by atoms with Crippen LogP contribution in [0.15, 0.2) is 0 Å². The van der Waals surface area contributed by atoms with Crippen molar-refractivity contribution < 1.29 is 0 Å². The second kappa shape index (κ2) is 5.34. The molecule has 2 N–H and O–H groups in total. The molecule has 0 bridgehead atoms. The van der Waals surface area contributed by atoms with Crippen molar-refractivity contribution >= 4 is 0 Å². The van der Waals surface area contributed by atoms with Gasteiger partial charge in [-0.05, 0) is 43.4 Å². The van der Waals surface area contributed by atoms with Crippen molar-refractivity contribution in [2.24, 2.45) is 23.5 Å². The minimum Gasteiger partial charge on any atom is -0.327 e. The van der Waals surface area contributed by atoms with Gasteiger partial charge in [0.05, 0.1) is 0 Å². The van der Waals surface area contributed by atoms with Crippen LogP contribution < -0.4 is 5.73 Å². The molecule has 0 heterocycles. The SMILES string of the molecule is CCCC1CCC(C(N)C2CCC2)CC1. The molecular weight excluding hydrogens is 182 g/mol. The van der Waals surface area contributed by atoms with Crippen LogP contribution in [0.3, 0.4) is 0 Å². The number of rotatable bonds is 4.